The van der Waals surface area contributed by atoms with E-state index in [0.717, 1.165) is 6.54 Å². The number of hydrogen-bond donors (Lipinski definition) is 0. The molecule has 0 radical (unpaired) electrons. The third-order valence-corrected chi connectivity index (χ3v) is 6.50. The minimum Gasteiger partial charge on any atom is -0.294 e. The van der Waals surface area contributed by atoms with Gasteiger partial charge < -0.3 is 0 Å². The van der Waals surface area contributed by atoms with E-state index in [9.17, 15) is 0 Å². The van der Waals surface area contributed by atoms with Gasteiger partial charge in [0.1, 0.15) is 0 Å². The Labute approximate surface area is 120 Å². The lowest BCUT2D eigenvalue weighted by Crippen LogP contribution is -2.34. The highest BCUT2D eigenvalue weighted by Crippen LogP contribution is 2.44. The first kappa shape index (κ1) is 13.9. The Morgan fingerprint density at radius 1 is 1.60 bits per heavy atom. The summed E-state index contributed by atoms with van der Waals surface area (Å²) >= 11 is 5.02. The molecular weight excluding hydrogens is 412 g/mol. The molecule has 0 fully saturated rings. The van der Waals surface area contributed by atoms with Crippen LogP contribution < -0.4 is 0 Å². The molecule has 15 heavy (non-hydrogen) atoms. The van der Waals surface area contributed by atoms with Crippen molar-refractivity contribution in [1.82, 2.24) is 0 Å². The molecule has 0 aromatic rings. The van der Waals surface area contributed by atoms with E-state index in [1.54, 1.807) is 0 Å². The molecule has 0 saturated carbocycles. The predicted molar refractivity (Wildman–Crippen MR) is 85.4 cm³/mol. The number of halogens is 2. The van der Waals surface area contributed by atoms with Crippen molar-refractivity contribution >= 4 is 50.9 Å². The fourth-order valence-corrected chi connectivity index (χ4v) is 3.98. The van der Waals surface area contributed by atoms with Crippen LogP contribution in [0, 0.1) is 11.3 Å². The van der Waals surface area contributed by atoms with Crippen LogP contribution in [0.25, 0.3) is 0 Å². The van der Waals surface area contributed by atoms with Gasteiger partial charge in [0.05, 0.1) is 0 Å². The van der Waals surface area contributed by atoms with Gasteiger partial charge in [0.25, 0.3) is 0 Å². The van der Waals surface area contributed by atoms with Gasteiger partial charge in [0.2, 0.25) is 0 Å². The summed E-state index contributed by atoms with van der Waals surface area (Å²) < 4.78 is 2.17. The van der Waals surface area contributed by atoms with Crippen LogP contribution in [0.2, 0.25) is 0 Å². The van der Waals surface area contributed by atoms with E-state index in [1.165, 1.54) is 15.7 Å². The molecule has 0 saturated heterocycles. The van der Waals surface area contributed by atoms with Gasteiger partial charge in [0, 0.05) is 25.7 Å². The molecule has 86 valence electrons. The van der Waals surface area contributed by atoms with Crippen LogP contribution in [0.5, 0.6) is 0 Å². The third-order valence-electron chi connectivity index (χ3n) is 3.06. The molecule has 0 spiro atoms. The normalized spacial score (nSPS) is 31.3. The van der Waals surface area contributed by atoms with E-state index < -0.39 is 0 Å². The Bertz CT molecular complexity index is 292. The van der Waals surface area contributed by atoms with Gasteiger partial charge >= 0.3 is 0 Å². The van der Waals surface area contributed by atoms with Crippen molar-refractivity contribution in [3.63, 3.8) is 0 Å². The zero-order valence-corrected chi connectivity index (χ0v) is 14.2. The van der Waals surface area contributed by atoms with E-state index in [2.05, 4.69) is 83.9 Å². The summed E-state index contributed by atoms with van der Waals surface area (Å²) in [6.45, 7) is 9.86. The molecule has 0 aromatic carbocycles. The van der Waals surface area contributed by atoms with Crippen LogP contribution in [-0.2, 0) is 0 Å². The van der Waals surface area contributed by atoms with E-state index >= 15 is 0 Å². The number of hydrogen-bond acceptors (Lipinski definition) is 1. The summed E-state index contributed by atoms with van der Waals surface area (Å²) in [6, 6.07) is 0. The lowest BCUT2D eigenvalue weighted by molar-refractivity contribution is 0.335. The molecule has 1 nitrogen and oxygen atoms in total. The van der Waals surface area contributed by atoms with Crippen LogP contribution in [0.1, 0.15) is 34.1 Å². The summed E-state index contributed by atoms with van der Waals surface area (Å²) in [5.41, 5.74) is 1.59. The Kier molecular flexibility index (Phi) is 5.08. The summed E-state index contributed by atoms with van der Waals surface area (Å²) in [4.78, 5) is 4.58. The van der Waals surface area contributed by atoms with Crippen LogP contribution in [0.15, 0.2) is 14.6 Å². The number of allylic oxidation sites excluding steroid dienone is 2. The number of alkyl halides is 1. The van der Waals surface area contributed by atoms with Gasteiger partial charge in [-0.2, -0.15) is 0 Å². The molecule has 1 aliphatic carbocycles. The van der Waals surface area contributed by atoms with Crippen molar-refractivity contribution in [2.45, 2.75) is 38.0 Å². The summed E-state index contributed by atoms with van der Waals surface area (Å²) in [7, 11) is 0. The van der Waals surface area contributed by atoms with Gasteiger partial charge in [-0.25, -0.2) is 0 Å². The molecule has 2 unspecified atom stereocenters. The molecular formula is C12H19I2N. The van der Waals surface area contributed by atoms with Crippen molar-refractivity contribution in [1.29, 1.82) is 0 Å². The van der Waals surface area contributed by atoms with E-state index in [-0.39, 0.29) is 5.41 Å². The molecule has 0 bridgehead atoms. The molecule has 0 aromatic heterocycles. The van der Waals surface area contributed by atoms with Crippen molar-refractivity contribution in [3.8, 4) is 0 Å². The van der Waals surface area contributed by atoms with Gasteiger partial charge in [-0.3, -0.25) is 4.99 Å². The maximum Gasteiger partial charge on any atom is 0.0421 e. The fraction of sp³-hybridized carbons (Fsp3) is 0.750. The molecule has 0 amide bonds. The zero-order valence-electron chi connectivity index (χ0n) is 9.85. The largest absolute Gasteiger partial charge is 0.294 e. The predicted octanol–water partition coefficient (Wildman–Crippen LogP) is 4.64. The standard InChI is InChI=1S/C12H19I2N/c1-5-15-8(2)9-6-10(13)11(14)7-12(9,3)4/h7,9-10H,5-6H2,1-4H3. The van der Waals surface area contributed by atoms with E-state index in [4.69, 9.17) is 0 Å². The average molecular weight is 431 g/mol. The SMILES string of the molecule is CCN=C(C)C1CC(I)C(I)=CC1(C)C. The highest BCUT2D eigenvalue weighted by Gasteiger charge is 2.36. The van der Waals surface area contributed by atoms with Crippen molar-refractivity contribution in [3.05, 3.63) is 9.66 Å². The smallest absolute Gasteiger partial charge is 0.0421 e. The lowest BCUT2D eigenvalue weighted by atomic mass is 9.71. The molecule has 1 aliphatic rings. The van der Waals surface area contributed by atoms with Crippen molar-refractivity contribution < 1.29 is 0 Å². The molecule has 2 atom stereocenters. The summed E-state index contributed by atoms with van der Waals surface area (Å²) in [5, 5.41) is 0. The Morgan fingerprint density at radius 3 is 2.73 bits per heavy atom. The highest BCUT2D eigenvalue weighted by atomic mass is 127. The third kappa shape index (κ3) is 3.41. The van der Waals surface area contributed by atoms with Gasteiger partial charge in [-0.15, -0.1) is 0 Å². The van der Waals surface area contributed by atoms with Gasteiger partial charge in [-0.1, -0.05) is 42.5 Å². The Morgan fingerprint density at radius 2 is 2.20 bits per heavy atom. The maximum atomic E-state index is 4.58. The molecule has 1 rings (SSSR count). The summed E-state index contributed by atoms with van der Waals surface area (Å²) in [5.74, 6) is 0.609. The van der Waals surface area contributed by atoms with Gasteiger partial charge in [-0.05, 0) is 48.3 Å². The van der Waals surface area contributed by atoms with Gasteiger partial charge in [0.15, 0.2) is 0 Å². The van der Waals surface area contributed by atoms with Crippen LogP contribution >= 0.6 is 45.2 Å². The van der Waals surface area contributed by atoms with Crippen LogP contribution in [0.4, 0.5) is 0 Å². The monoisotopic (exact) mass is 431 g/mol. The Balaban J connectivity index is 2.97. The minimum absolute atomic E-state index is 0.265. The topological polar surface area (TPSA) is 12.4 Å². The second kappa shape index (κ2) is 5.47. The molecule has 0 heterocycles. The van der Waals surface area contributed by atoms with Crippen LogP contribution in [0.3, 0.4) is 0 Å². The number of aliphatic imine (C=N–C) groups is 1. The average Bonchev–Trinajstić information content (AvgIpc) is 2.11. The number of nitrogens with zero attached hydrogens (tertiary/aromatic N) is 1. The summed E-state index contributed by atoms with van der Waals surface area (Å²) in [6.07, 6.45) is 3.66. The van der Waals surface area contributed by atoms with Crippen LogP contribution in [-0.4, -0.2) is 16.2 Å². The molecule has 0 N–H and O–H groups in total. The second-order valence-corrected chi connectivity index (χ2v) is 7.47. The first-order chi connectivity index (χ1) is 6.88. The van der Waals surface area contributed by atoms with E-state index in [1.807, 2.05) is 0 Å². The zero-order chi connectivity index (χ0) is 11.6. The van der Waals surface area contributed by atoms with Crippen molar-refractivity contribution in [2.75, 3.05) is 6.54 Å². The first-order valence-electron chi connectivity index (χ1n) is 5.41. The molecule has 0 aliphatic heterocycles. The van der Waals surface area contributed by atoms with E-state index in [0.29, 0.717) is 9.84 Å². The maximum absolute atomic E-state index is 4.58. The second-order valence-electron chi connectivity index (χ2n) is 4.72. The first-order valence-corrected chi connectivity index (χ1v) is 7.74. The minimum atomic E-state index is 0.265. The molecule has 3 heteroatoms. The lowest BCUT2D eigenvalue weighted by Gasteiger charge is -2.38. The number of rotatable bonds is 2. The highest BCUT2D eigenvalue weighted by molar-refractivity contribution is 14.1. The van der Waals surface area contributed by atoms with Crippen molar-refractivity contribution in [2.24, 2.45) is 16.3 Å². The fourth-order valence-electron chi connectivity index (χ4n) is 2.24. The quantitative estimate of drug-likeness (QED) is 0.344. The Hall–Kier alpha value is 0.870.